The molecule has 0 bridgehead atoms. The van der Waals surface area contributed by atoms with Crippen LogP contribution in [0.25, 0.3) is 0 Å². The number of amides is 2. The average Bonchev–Trinajstić information content (AvgIpc) is 2.62. The van der Waals surface area contributed by atoms with Gasteiger partial charge in [0.25, 0.3) is 5.91 Å². The minimum absolute atomic E-state index is 0.00123. The fourth-order valence-corrected chi connectivity index (χ4v) is 3.13. The predicted molar refractivity (Wildman–Crippen MR) is 102 cm³/mol. The zero-order valence-electron chi connectivity index (χ0n) is 16.2. The molecular weight excluding hydrogens is 330 g/mol. The molecule has 144 valence electrons. The number of hydrogen-bond donors (Lipinski definition) is 3. The van der Waals surface area contributed by atoms with E-state index in [-0.39, 0.29) is 23.8 Å². The van der Waals surface area contributed by atoms with Crippen LogP contribution in [0, 0.1) is 11.8 Å². The first-order valence-electron chi connectivity index (χ1n) is 9.47. The number of benzene rings is 1. The highest BCUT2D eigenvalue weighted by Gasteiger charge is 2.29. The molecule has 1 saturated heterocycles. The Balaban J connectivity index is 1.99. The van der Waals surface area contributed by atoms with E-state index in [1.165, 1.54) is 0 Å². The van der Waals surface area contributed by atoms with Crippen LogP contribution < -0.4 is 20.7 Å². The first kappa shape index (κ1) is 20.2. The van der Waals surface area contributed by atoms with Crippen LogP contribution in [-0.4, -0.2) is 43.6 Å². The van der Waals surface area contributed by atoms with Crippen LogP contribution in [0.3, 0.4) is 0 Å². The van der Waals surface area contributed by atoms with E-state index in [1.807, 2.05) is 20.8 Å². The Morgan fingerprint density at radius 2 is 1.96 bits per heavy atom. The van der Waals surface area contributed by atoms with Crippen molar-refractivity contribution in [3.05, 3.63) is 29.8 Å². The molecule has 1 fully saturated rings. The van der Waals surface area contributed by atoms with Crippen LogP contribution in [0.2, 0.25) is 0 Å². The Morgan fingerprint density at radius 1 is 1.27 bits per heavy atom. The summed E-state index contributed by atoms with van der Waals surface area (Å²) in [5.41, 5.74) is 0.516. The summed E-state index contributed by atoms with van der Waals surface area (Å²) in [6, 6.07) is 6.54. The highest BCUT2D eigenvalue weighted by molar-refractivity contribution is 5.97. The Bertz CT molecular complexity index is 601. The van der Waals surface area contributed by atoms with Gasteiger partial charge in [-0.05, 0) is 62.5 Å². The largest absolute Gasteiger partial charge is 0.494 e. The molecule has 2 rings (SSSR count). The predicted octanol–water partition coefficient (Wildman–Crippen LogP) is 1.95. The molecule has 0 aromatic heterocycles. The van der Waals surface area contributed by atoms with Crippen molar-refractivity contribution in [2.24, 2.45) is 11.8 Å². The minimum atomic E-state index is -0.559. The average molecular weight is 361 g/mol. The second kappa shape index (κ2) is 9.57. The SMILES string of the molecule is CCOc1ccc(C(=O)NC(C(=O)NC2CCNCC2C)C(C)C)cc1. The summed E-state index contributed by atoms with van der Waals surface area (Å²) in [5.74, 6) is 0.737. The molecule has 0 saturated carbocycles. The minimum Gasteiger partial charge on any atom is -0.494 e. The van der Waals surface area contributed by atoms with Gasteiger partial charge in [-0.3, -0.25) is 9.59 Å². The third kappa shape index (κ3) is 5.46. The molecule has 2 amide bonds. The van der Waals surface area contributed by atoms with E-state index < -0.39 is 6.04 Å². The van der Waals surface area contributed by atoms with Crippen molar-refractivity contribution < 1.29 is 14.3 Å². The molecule has 1 aliphatic heterocycles. The van der Waals surface area contributed by atoms with Crippen LogP contribution in [0.15, 0.2) is 24.3 Å². The Hall–Kier alpha value is -2.08. The fraction of sp³-hybridized carbons (Fsp3) is 0.600. The van der Waals surface area contributed by atoms with Crippen molar-refractivity contribution in [3.63, 3.8) is 0 Å². The van der Waals surface area contributed by atoms with E-state index >= 15 is 0 Å². The monoisotopic (exact) mass is 361 g/mol. The molecule has 3 unspecified atom stereocenters. The third-order valence-corrected chi connectivity index (χ3v) is 4.78. The van der Waals surface area contributed by atoms with Crippen LogP contribution in [0.1, 0.15) is 44.5 Å². The van der Waals surface area contributed by atoms with Gasteiger partial charge in [-0.15, -0.1) is 0 Å². The summed E-state index contributed by atoms with van der Waals surface area (Å²) >= 11 is 0. The van der Waals surface area contributed by atoms with Crippen molar-refractivity contribution in [2.75, 3.05) is 19.7 Å². The van der Waals surface area contributed by atoms with Gasteiger partial charge in [0.05, 0.1) is 6.61 Å². The summed E-state index contributed by atoms with van der Waals surface area (Å²) in [6.07, 6.45) is 0.907. The number of carbonyl (C=O) groups is 2. The van der Waals surface area contributed by atoms with Crippen LogP contribution in [0.5, 0.6) is 5.75 Å². The molecule has 0 spiro atoms. The molecule has 26 heavy (non-hydrogen) atoms. The quantitative estimate of drug-likeness (QED) is 0.694. The lowest BCUT2D eigenvalue weighted by Crippen LogP contribution is -2.55. The van der Waals surface area contributed by atoms with Gasteiger partial charge < -0.3 is 20.7 Å². The summed E-state index contributed by atoms with van der Waals surface area (Å²) < 4.78 is 5.39. The van der Waals surface area contributed by atoms with E-state index in [0.717, 1.165) is 25.3 Å². The lowest BCUT2D eigenvalue weighted by Gasteiger charge is -2.32. The summed E-state index contributed by atoms with van der Waals surface area (Å²) in [6.45, 7) is 10.3. The van der Waals surface area contributed by atoms with Gasteiger partial charge >= 0.3 is 0 Å². The first-order valence-corrected chi connectivity index (χ1v) is 9.47. The molecule has 1 aromatic carbocycles. The number of carbonyl (C=O) groups excluding carboxylic acids is 2. The van der Waals surface area contributed by atoms with Crippen molar-refractivity contribution in [1.29, 1.82) is 0 Å². The molecule has 0 radical (unpaired) electrons. The fourth-order valence-electron chi connectivity index (χ4n) is 3.13. The zero-order chi connectivity index (χ0) is 19.1. The van der Waals surface area contributed by atoms with Crippen LogP contribution >= 0.6 is 0 Å². The highest BCUT2D eigenvalue weighted by Crippen LogP contribution is 2.14. The van der Waals surface area contributed by atoms with E-state index in [1.54, 1.807) is 24.3 Å². The summed E-state index contributed by atoms with van der Waals surface area (Å²) in [7, 11) is 0. The van der Waals surface area contributed by atoms with Gasteiger partial charge in [0, 0.05) is 11.6 Å². The highest BCUT2D eigenvalue weighted by atomic mass is 16.5. The maximum absolute atomic E-state index is 12.7. The van der Waals surface area contributed by atoms with Gasteiger partial charge in [0.15, 0.2) is 0 Å². The third-order valence-electron chi connectivity index (χ3n) is 4.78. The van der Waals surface area contributed by atoms with Gasteiger partial charge in [0.1, 0.15) is 11.8 Å². The van der Waals surface area contributed by atoms with E-state index in [9.17, 15) is 9.59 Å². The molecule has 1 aromatic rings. The van der Waals surface area contributed by atoms with Crippen molar-refractivity contribution in [1.82, 2.24) is 16.0 Å². The summed E-state index contributed by atoms with van der Waals surface area (Å²) in [4.78, 5) is 25.3. The smallest absolute Gasteiger partial charge is 0.251 e. The molecule has 1 heterocycles. The number of hydrogen-bond acceptors (Lipinski definition) is 4. The molecule has 0 aliphatic carbocycles. The lowest BCUT2D eigenvalue weighted by atomic mass is 9.94. The lowest BCUT2D eigenvalue weighted by molar-refractivity contribution is -0.125. The van der Waals surface area contributed by atoms with Gasteiger partial charge in [-0.25, -0.2) is 0 Å². The van der Waals surface area contributed by atoms with Gasteiger partial charge in [0.2, 0.25) is 5.91 Å². The number of nitrogens with one attached hydrogen (secondary N) is 3. The maximum atomic E-state index is 12.7. The maximum Gasteiger partial charge on any atom is 0.251 e. The Morgan fingerprint density at radius 3 is 2.54 bits per heavy atom. The standard InChI is InChI=1S/C20H31N3O3/c1-5-26-16-8-6-15(7-9-16)19(24)23-18(13(2)3)20(25)22-17-10-11-21-12-14(17)4/h6-9,13-14,17-18,21H,5,10-12H2,1-4H3,(H,22,25)(H,23,24). The van der Waals surface area contributed by atoms with E-state index in [0.29, 0.717) is 18.1 Å². The number of rotatable bonds is 7. The topological polar surface area (TPSA) is 79.5 Å². The summed E-state index contributed by atoms with van der Waals surface area (Å²) in [5, 5.41) is 9.33. The zero-order valence-corrected chi connectivity index (χ0v) is 16.2. The molecule has 3 atom stereocenters. The second-order valence-electron chi connectivity index (χ2n) is 7.24. The Labute approximate surface area is 156 Å². The van der Waals surface area contributed by atoms with Crippen LogP contribution in [-0.2, 0) is 4.79 Å². The normalized spacial score (nSPS) is 21.1. The van der Waals surface area contributed by atoms with Gasteiger partial charge in [-0.2, -0.15) is 0 Å². The van der Waals surface area contributed by atoms with Crippen molar-refractivity contribution in [2.45, 2.75) is 46.2 Å². The van der Waals surface area contributed by atoms with Crippen molar-refractivity contribution in [3.8, 4) is 5.75 Å². The molecule has 3 N–H and O–H groups in total. The Kier molecular flexibility index (Phi) is 7.45. The second-order valence-corrected chi connectivity index (χ2v) is 7.24. The molecular formula is C20H31N3O3. The first-order chi connectivity index (χ1) is 12.4. The number of piperidine rings is 1. The van der Waals surface area contributed by atoms with Gasteiger partial charge in [-0.1, -0.05) is 20.8 Å². The molecule has 6 nitrogen and oxygen atoms in total. The van der Waals surface area contributed by atoms with E-state index in [4.69, 9.17) is 4.74 Å². The van der Waals surface area contributed by atoms with E-state index in [2.05, 4.69) is 22.9 Å². The molecule has 6 heteroatoms. The van der Waals surface area contributed by atoms with Crippen LogP contribution in [0.4, 0.5) is 0 Å². The number of ether oxygens (including phenoxy) is 1. The van der Waals surface area contributed by atoms with Crippen molar-refractivity contribution >= 4 is 11.8 Å². The molecule has 1 aliphatic rings.